The third-order valence-corrected chi connectivity index (χ3v) is 3.49. The van der Waals surface area contributed by atoms with E-state index in [9.17, 15) is 13.2 Å². The zero-order chi connectivity index (χ0) is 13.2. The van der Waals surface area contributed by atoms with Crippen LogP contribution in [-0.2, 0) is 14.6 Å². The highest BCUT2D eigenvalue weighted by atomic mass is 32.2. The Kier molecular flexibility index (Phi) is 3.77. The van der Waals surface area contributed by atoms with Crippen LogP contribution in [0.3, 0.4) is 0 Å². The van der Waals surface area contributed by atoms with Crippen molar-refractivity contribution in [3.05, 3.63) is 23.8 Å². The second-order valence-electron chi connectivity index (χ2n) is 3.95. The summed E-state index contributed by atoms with van der Waals surface area (Å²) in [4.78, 5) is 10.9. The average molecular weight is 257 g/mol. The van der Waals surface area contributed by atoms with E-state index in [-0.39, 0.29) is 4.90 Å². The molecule has 0 aliphatic heterocycles. The van der Waals surface area contributed by atoms with Crippen molar-refractivity contribution in [1.82, 2.24) is 0 Å². The number of rotatable bonds is 4. The molecule has 94 valence electrons. The van der Waals surface area contributed by atoms with Crippen molar-refractivity contribution in [2.75, 3.05) is 11.6 Å². The lowest BCUT2D eigenvalue weighted by atomic mass is 10.2. The predicted molar refractivity (Wildman–Crippen MR) is 65.0 cm³/mol. The number of benzene rings is 1. The van der Waals surface area contributed by atoms with Crippen molar-refractivity contribution in [2.45, 2.75) is 24.8 Å². The van der Waals surface area contributed by atoms with Crippen LogP contribution < -0.4 is 5.32 Å². The standard InChI is InChI=1S/C11H15NO4S/c1-7-4-5-9(17(3,15)16)6-10(7)12-8(2)11(13)14/h4-6,8,12H,1-3H3,(H,13,14). The monoisotopic (exact) mass is 257 g/mol. The molecular formula is C11H15NO4S. The average Bonchev–Trinajstić information content (AvgIpc) is 2.19. The third kappa shape index (κ3) is 3.45. The maximum atomic E-state index is 11.4. The Labute approximate surface area is 100 Å². The van der Waals surface area contributed by atoms with Gasteiger partial charge in [0.2, 0.25) is 0 Å². The van der Waals surface area contributed by atoms with Gasteiger partial charge in [0, 0.05) is 11.9 Å². The van der Waals surface area contributed by atoms with Gasteiger partial charge in [0.05, 0.1) is 4.90 Å². The Bertz CT molecular complexity index is 536. The number of sulfone groups is 1. The van der Waals surface area contributed by atoms with E-state index in [1.165, 1.54) is 19.1 Å². The van der Waals surface area contributed by atoms with Crippen LogP contribution in [0.5, 0.6) is 0 Å². The van der Waals surface area contributed by atoms with Crippen LogP contribution in [-0.4, -0.2) is 31.8 Å². The highest BCUT2D eigenvalue weighted by molar-refractivity contribution is 7.90. The Hall–Kier alpha value is -1.56. The number of carboxylic acid groups (broad SMARTS) is 1. The van der Waals surface area contributed by atoms with E-state index in [0.29, 0.717) is 5.69 Å². The summed E-state index contributed by atoms with van der Waals surface area (Å²) < 4.78 is 22.7. The first kappa shape index (κ1) is 13.5. The first-order chi connectivity index (χ1) is 7.71. The first-order valence-corrected chi connectivity index (χ1v) is 6.91. The van der Waals surface area contributed by atoms with Crippen LogP contribution in [0.15, 0.2) is 23.1 Å². The van der Waals surface area contributed by atoms with Crippen molar-refractivity contribution in [3.8, 4) is 0 Å². The van der Waals surface area contributed by atoms with Crippen molar-refractivity contribution >= 4 is 21.5 Å². The highest BCUT2D eigenvalue weighted by Gasteiger charge is 2.14. The van der Waals surface area contributed by atoms with Gasteiger partial charge in [0.25, 0.3) is 0 Å². The topological polar surface area (TPSA) is 83.5 Å². The fraction of sp³-hybridized carbons (Fsp3) is 0.364. The van der Waals surface area contributed by atoms with Gasteiger partial charge in [-0.25, -0.2) is 8.42 Å². The Morgan fingerprint density at radius 2 is 2.00 bits per heavy atom. The molecule has 1 aromatic rings. The summed E-state index contributed by atoms with van der Waals surface area (Å²) in [6.45, 7) is 3.28. The van der Waals surface area contributed by atoms with Crippen LogP contribution in [0.25, 0.3) is 0 Å². The normalized spacial score (nSPS) is 13.1. The number of aliphatic carboxylic acids is 1. The van der Waals surface area contributed by atoms with Gasteiger partial charge in [-0.15, -0.1) is 0 Å². The maximum absolute atomic E-state index is 11.4. The van der Waals surface area contributed by atoms with E-state index < -0.39 is 21.8 Å². The van der Waals surface area contributed by atoms with Crippen molar-refractivity contribution < 1.29 is 18.3 Å². The molecule has 1 aromatic carbocycles. The summed E-state index contributed by atoms with van der Waals surface area (Å²) in [7, 11) is -3.29. The molecular weight excluding hydrogens is 242 g/mol. The Balaban J connectivity index is 3.12. The fourth-order valence-electron chi connectivity index (χ4n) is 1.28. The van der Waals surface area contributed by atoms with Crippen LogP contribution in [0.4, 0.5) is 5.69 Å². The van der Waals surface area contributed by atoms with Crippen LogP contribution in [0, 0.1) is 6.92 Å². The van der Waals surface area contributed by atoms with Crippen LogP contribution in [0.1, 0.15) is 12.5 Å². The minimum Gasteiger partial charge on any atom is -0.480 e. The summed E-state index contributed by atoms with van der Waals surface area (Å²) in [6, 6.07) is 3.82. The lowest BCUT2D eigenvalue weighted by Gasteiger charge is -2.14. The van der Waals surface area contributed by atoms with Gasteiger partial charge in [-0.2, -0.15) is 0 Å². The Morgan fingerprint density at radius 1 is 1.41 bits per heavy atom. The van der Waals surface area contributed by atoms with E-state index in [4.69, 9.17) is 5.11 Å². The third-order valence-electron chi connectivity index (χ3n) is 2.38. The van der Waals surface area contributed by atoms with Gasteiger partial charge in [-0.1, -0.05) is 6.07 Å². The molecule has 0 amide bonds. The number of anilines is 1. The second kappa shape index (κ2) is 4.75. The Morgan fingerprint density at radius 3 is 2.47 bits per heavy atom. The van der Waals surface area contributed by atoms with E-state index >= 15 is 0 Å². The van der Waals surface area contributed by atoms with E-state index in [1.807, 2.05) is 0 Å². The summed E-state index contributed by atoms with van der Waals surface area (Å²) in [5, 5.41) is 11.5. The lowest BCUT2D eigenvalue weighted by molar-refractivity contribution is -0.137. The van der Waals surface area contributed by atoms with Gasteiger partial charge in [0.15, 0.2) is 9.84 Å². The van der Waals surface area contributed by atoms with Gasteiger partial charge >= 0.3 is 5.97 Å². The molecule has 2 N–H and O–H groups in total. The van der Waals surface area contributed by atoms with Crippen molar-refractivity contribution in [1.29, 1.82) is 0 Å². The SMILES string of the molecule is Cc1ccc(S(C)(=O)=O)cc1NC(C)C(=O)O. The van der Waals surface area contributed by atoms with Crippen molar-refractivity contribution in [3.63, 3.8) is 0 Å². The van der Waals surface area contributed by atoms with Gasteiger partial charge < -0.3 is 10.4 Å². The molecule has 5 nitrogen and oxygen atoms in total. The number of aryl methyl sites for hydroxylation is 1. The molecule has 0 saturated heterocycles. The minimum atomic E-state index is -3.29. The highest BCUT2D eigenvalue weighted by Crippen LogP contribution is 2.20. The largest absolute Gasteiger partial charge is 0.480 e. The molecule has 0 aliphatic carbocycles. The van der Waals surface area contributed by atoms with Crippen LogP contribution in [0.2, 0.25) is 0 Å². The van der Waals surface area contributed by atoms with Gasteiger partial charge in [-0.3, -0.25) is 4.79 Å². The molecule has 0 fully saturated rings. The number of nitrogens with one attached hydrogen (secondary N) is 1. The molecule has 1 rings (SSSR count). The zero-order valence-corrected chi connectivity index (χ0v) is 10.7. The summed E-state index contributed by atoms with van der Waals surface area (Å²) >= 11 is 0. The molecule has 0 aliphatic rings. The van der Waals surface area contributed by atoms with Gasteiger partial charge in [0.1, 0.15) is 6.04 Å². The smallest absolute Gasteiger partial charge is 0.325 e. The zero-order valence-electron chi connectivity index (χ0n) is 9.89. The minimum absolute atomic E-state index is 0.170. The molecule has 0 saturated carbocycles. The number of hydrogen-bond donors (Lipinski definition) is 2. The summed E-state index contributed by atoms with van der Waals surface area (Å²) in [6.07, 6.45) is 1.11. The van der Waals surface area contributed by atoms with Crippen LogP contribution >= 0.6 is 0 Å². The van der Waals surface area contributed by atoms with E-state index in [2.05, 4.69) is 5.32 Å². The fourth-order valence-corrected chi connectivity index (χ4v) is 1.93. The van der Waals surface area contributed by atoms with E-state index in [1.54, 1.807) is 13.0 Å². The lowest BCUT2D eigenvalue weighted by Crippen LogP contribution is -2.25. The number of hydrogen-bond acceptors (Lipinski definition) is 4. The maximum Gasteiger partial charge on any atom is 0.325 e. The molecule has 1 unspecified atom stereocenters. The number of carboxylic acids is 1. The number of carbonyl (C=O) groups is 1. The molecule has 1 atom stereocenters. The molecule has 0 aromatic heterocycles. The molecule has 6 heteroatoms. The van der Waals surface area contributed by atoms with E-state index in [0.717, 1.165) is 11.8 Å². The van der Waals surface area contributed by atoms with Gasteiger partial charge in [-0.05, 0) is 31.5 Å². The predicted octanol–water partition coefficient (Wildman–Crippen LogP) is 1.28. The molecule has 17 heavy (non-hydrogen) atoms. The second-order valence-corrected chi connectivity index (χ2v) is 5.97. The quantitative estimate of drug-likeness (QED) is 0.849. The molecule has 0 radical (unpaired) electrons. The summed E-state index contributed by atoms with van der Waals surface area (Å²) in [5.41, 5.74) is 1.31. The molecule has 0 spiro atoms. The first-order valence-electron chi connectivity index (χ1n) is 5.02. The summed E-state index contributed by atoms with van der Waals surface area (Å²) in [5.74, 6) is -0.992. The molecule has 0 heterocycles. The molecule has 0 bridgehead atoms. The van der Waals surface area contributed by atoms with Crippen molar-refractivity contribution in [2.24, 2.45) is 0 Å².